The lowest BCUT2D eigenvalue weighted by molar-refractivity contribution is -0.133. The van der Waals surface area contributed by atoms with Crippen LogP contribution in [0, 0.1) is 0 Å². The number of aryl methyl sites for hydroxylation is 1. The van der Waals surface area contributed by atoms with Gasteiger partial charge >= 0.3 is 0 Å². The summed E-state index contributed by atoms with van der Waals surface area (Å²) in [4.78, 5) is 32.8. The van der Waals surface area contributed by atoms with E-state index in [0.717, 1.165) is 11.0 Å². The lowest BCUT2D eigenvalue weighted by atomic mass is 10.1. The largest absolute Gasteiger partial charge is 0.338 e. The van der Waals surface area contributed by atoms with E-state index in [0.29, 0.717) is 31.7 Å². The zero-order valence-electron chi connectivity index (χ0n) is 14.3. The molecule has 2 aromatic heterocycles. The molecule has 0 aliphatic carbocycles. The molecule has 10 nitrogen and oxygen atoms in total. The smallest absolute Gasteiger partial charge is 0.254 e. The van der Waals surface area contributed by atoms with E-state index in [1.807, 2.05) is 29.8 Å². The Bertz CT molecular complexity index is 940. The van der Waals surface area contributed by atoms with Crippen LogP contribution >= 0.6 is 0 Å². The predicted molar refractivity (Wildman–Crippen MR) is 91.0 cm³/mol. The monoisotopic (exact) mass is 354 g/mol. The van der Waals surface area contributed by atoms with Crippen LogP contribution in [0.3, 0.4) is 0 Å². The molecule has 0 unspecified atom stereocenters. The highest BCUT2D eigenvalue weighted by atomic mass is 16.2. The molecule has 0 spiro atoms. The minimum absolute atomic E-state index is 0.0369. The van der Waals surface area contributed by atoms with Crippen molar-refractivity contribution < 1.29 is 9.59 Å². The maximum atomic E-state index is 12.7. The van der Waals surface area contributed by atoms with Gasteiger partial charge in [0, 0.05) is 38.8 Å². The summed E-state index contributed by atoms with van der Waals surface area (Å²) in [6.45, 7) is 2.11. The quantitative estimate of drug-likeness (QED) is 0.631. The number of aromatic nitrogens is 6. The van der Waals surface area contributed by atoms with Gasteiger partial charge in [0.05, 0.1) is 17.4 Å². The average molecular weight is 354 g/mol. The number of carbonyl (C=O) groups is 2. The minimum atomic E-state index is -0.0562. The fourth-order valence-corrected chi connectivity index (χ4v) is 3.10. The fourth-order valence-electron chi connectivity index (χ4n) is 3.10. The molecule has 0 radical (unpaired) electrons. The van der Waals surface area contributed by atoms with E-state index < -0.39 is 0 Å². The normalized spacial score (nSPS) is 14.8. The van der Waals surface area contributed by atoms with Gasteiger partial charge in [0.1, 0.15) is 12.9 Å². The lowest BCUT2D eigenvalue weighted by Crippen LogP contribution is -2.51. The second-order valence-corrected chi connectivity index (χ2v) is 6.24. The SMILES string of the molecule is Cn1cnc2cc(C(=O)N3CCN(C(=O)Cn4cnnn4)CC3)ccc21. The molecule has 0 bridgehead atoms. The predicted octanol–water partition coefficient (Wildman–Crippen LogP) is -0.456. The Kier molecular flexibility index (Phi) is 4.07. The topological polar surface area (TPSA) is 102 Å². The molecule has 3 aromatic rings. The number of benzene rings is 1. The van der Waals surface area contributed by atoms with E-state index in [4.69, 9.17) is 0 Å². The van der Waals surface area contributed by atoms with Crippen molar-refractivity contribution in [3.63, 3.8) is 0 Å². The number of tetrazole rings is 1. The lowest BCUT2D eigenvalue weighted by Gasteiger charge is -2.34. The molecule has 134 valence electrons. The van der Waals surface area contributed by atoms with Crippen LogP contribution in [0.1, 0.15) is 10.4 Å². The van der Waals surface area contributed by atoms with Crippen LogP contribution in [0.15, 0.2) is 30.9 Å². The van der Waals surface area contributed by atoms with Gasteiger partial charge in [-0.2, -0.15) is 0 Å². The molecule has 0 atom stereocenters. The van der Waals surface area contributed by atoms with Crippen molar-refractivity contribution in [2.45, 2.75) is 6.54 Å². The molecule has 1 aliphatic rings. The van der Waals surface area contributed by atoms with E-state index in [9.17, 15) is 9.59 Å². The van der Waals surface area contributed by atoms with Crippen molar-refractivity contribution in [2.75, 3.05) is 26.2 Å². The van der Waals surface area contributed by atoms with Crippen molar-refractivity contribution in [2.24, 2.45) is 7.05 Å². The van der Waals surface area contributed by atoms with Gasteiger partial charge in [-0.15, -0.1) is 5.10 Å². The zero-order chi connectivity index (χ0) is 18.1. The Labute approximate surface area is 149 Å². The molecule has 0 N–H and O–H groups in total. The molecule has 3 heterocycles. The number of nitrogens with zero attached hydrogens (tertiary/aromatic N) is 8. The highest BCUT2D eigenvalue weighted by Gasteiger charge is 2.25. The summed E-state index contributed by atoms with van der Waals surface area (Å²) >= 11 is 0. The summed E-state index contributed by atoms with van der Waals surface area (Å²) in [5.74, 6) is -0.0931. The Morgan fingerprint density at radius 2 is 1.85 bits per heavy atom. The van der Waals surface area contributed by atoms with Gasteiger partial charge in [-0.1, -0.05) is 0 Å². The van der Waals surface area contributed by atoms with Crippen molar-refractivity contribution in [1.29, 1.82) is 0 Å². The number of hydrogen-bond acceptors (Lipinski definition) is 6. The third-order valence-corrected chi connectivity index (χ3v) is 4.58. The summed E-state index contributed by atoms with van der Waals surface area (Å²) in [6.07, 6.45) is 3.14. The van der Waals surface area contributed by atoms with Crippen LogP contribution < -0.4 is 0 Å². The maximum absolute atomic E-state index is 12.7. The molecule has 1 saturated heterocycles. The second-order valence-electron chi connectivity index (χ2n) is 6.24. The van der Waals surface area contributed by atoms with Gasteiger partial charge in [-0.25, -0.2) is 9.67 Å². The van der Waals surface area contributed by atoms with E-state index in [1.54, 1.807) is 16.1 Å². The number of fused-ring (bicyclic) bond motifs is 1. The summed E-state index contributed by atoms with van der Waals surface area (Å²) in [5, 5.41) is 10.7. The van der Waals surface area contributed by atoms with Gasteiger partial charge < -0.3 is 14.4 Å². The van der Waals surface area contributed by atoms with E-state index in [1.165, 1.54) is 11.0 Å². The summed E-state index contributed by atoms with van der Waals surface area (Å²) in [6, 6.07) is 5.54. The average Bonchev–Trinajstić information content (AvgIpc) is 3.31. The summed E-state index contributed by atoms with van der Waals surface area (Å²) in [7, 11) is 1.92. The minimum Gasteiger partial charge on any atom is -0.338 e. The first-order valence-corrected chi connectivity index (χ1v) is 8.31. The molecular weight excluding hydrogens is 336 g/mol. The van der Waals surface area contributed by atoms with Gasteiger partial charge in [0.25, 0.3) is 5.91 Å². The van der Waals surface area contributed by atoms with Gasteiger partial charge in [0.2, 0.25) is 5.91 Å². The Morgan fingerprint density at radius 3 is 2.58 bits per heavy atom. The number of rotatable bonds is 3. The molecule has 4 rings (SSSR count). The molecule has 1 fully saturated rings. The zero-order valence-corrected chi connectivity index (χ0v) is 14.3. The molecule has 10 heteroatoms. The fraction of sp³-hybridized carbons (Fsp3) is 0.375. The first-order valence-electron chi connectivity index (χ1n) is 8.31. The van der Waals surface area contributed by atoms with E-state index >= 15 is 0 Å². The second kappa shape index (κ2) is 6.54. The van der Waals surface area contributed by atoms with Gasteiger partial charge in [-0.05, 0) is 28.6 Å². The van der Waals surface area contributed by atoms with Crippen LogP contribution in [-0.2, 0) is 18.4 Å². The Hall–Kier alpha value is -3.30. The number of piperazine rings is 1. The summed E-state index contributed by atoms with van der Waals surface area (Å²) < 4.78 is 3.31. The number of imidazole rings is 1. The van der Waals surface area contributed by atoms with Gasteiger partial charge in [0.15, 0.2) is 0 Å². The van der Waals surface area contributed by atoms with Crippen molar-refractivity contribution in [3.8, 4) is 0 Å². The first kappa shape index (κ1) is 16.2. The van der Waals surface area contributed by atoms with Crippen LogP contribution in [0.5, 0.6) is 0 Å². The molecule has 26 heavy (non-hydrogen) atoms. The molecule has 1 aromatic carbocycles. The number of hydrogen-bond donors (Lipinski definition) is 0. The Morgan fingerprint density at radius 1 is 1.08 bits per heavy atom. The highest BCUT2D eigenvalue weighted by molar-refractivity contribution is 5.97. The molecular formula is C16H18N8O2. The van der Waals surface area contributed by atoms with Crippen molar-refractivity contribution in [1.82, 2.24) is 39.6 Å². The van der Waals surface area contributed by atoms with Crippen molar-refractivity contribution >= 4 is 22.8 Å². The summed E-state index contributed by atoms with van der Waals surface area (Å²) in [5.41, 5.74) is 2.40. The van der Waals surface area contributed by atoms with Crippen LogP contribution in [0.4, 0.5) is 0 Å². The maximum Gasteiger partial charge on any atom is 0.254 e. The first-order chi connectivity index (χ1) is 12.6. The van der Waals surface area contributed by atoms with E-state index in [-0.39, 0.29) is 18.4 Å². The van der Waals surface area contributed by atoms with Crippen LogP contribution in [0.2, 0.25) is 0 Å². The standard InChI is InChI=1S/C16H18N8O2/c1-21-10-17-13-8-12(2-3-14(13)21)16(26)23-6-4-22(5-7-23)15(25)9-24-11-18-19-20-24/h2-3,8,10-11H,4-7,9H2,1H3. The molecule has 0 saturated carbocycles. The third kappa shape index (κ3) is 3.01. The van der Waals surface area contributed by atoms with Crippen LogP contribution in [-0.4, -0.2) is 77.6 Å². The van der Waals surface area contributed by atoms with Crippen molar-refractivity contribution in [3.05, 3.63) is 36.4 Å². The van der Waals surface area contributed by atoms with Crippen LogP contribution in [0.25, 0.3) is 11.0 Å². The third-order valence-electron chi connectivity index (χ3n) is 4.58. The number of amides is 2. The Balaban J connectivity index is 1.38. The van der Waals surface area contributed by atoms with Gasteiger partial charge in [-0.3, -0.25) is 9.59 Å². The molecule has 2 amide bonds. The molecule has 1 aliphatic heterocycles. The number of carbonyl (C=O) groups excluding carboxylic acids is 2. The highest BCUT2D eigenvalue weighted by Crippen LogP contribution is 2.16. The van der Waals surface area contributed by atoms with E-state index in [2.05, 4.69) is 20.5 Å².